The summed E-state index contributed by atoms with van der Waals surface area (Å²) in [5, 5.41) is 0.0945. The van der Waals surface area contributed by atoms with E-state index in [2.05, 4.69) is 33.9 Å². The quantitative estimate of drug-likeness (QED) is 0.556. The molecule has 1 saturated heterocycles. The van der Waals surface area contributed by atoms with Gasteiger partial charge in [0, 0.05) is 25.6 Å². The van der Waals surface area contributed by atoms with Crippen LogP contribution in [0.3, 0.4) is 0 Å². The maximum Gasteiger partial charge on any atom is 0.410 e. The summed E-state index contributed by atoms with van der Waals surface area (Å²) in [6.45, 7) is 17.6. The van der Waals surface area contributed by atoms with E-state index in [-0.39, 0.29) is 22.8 Å². The van der Waals surface area contributed by atoms with Gasteiger partial charge in [-0.1, -0.05) is 20.8 Å². The maximum atomic E-state index is 12.3. The molecule has 6 nitrogen and oxygen atoms in total. The normalized spacial score (nSPS) is 22.0. The average Bonchev–Trinajstić information content (AvgIpc) is 2.85. The van der Waals surface area contributed by atoms with E-state index < -0.39 is 20.0 Å². The van der Waals surface area contributed by atoms with Gasteiger partial charge in [0.1, 0.15) is 5.60 Å². The van der Waals surface area contributed by atoms with E-state index in [0.717, 1.165) is 0 Å². The molecule has 2 atom stereocenters. The van der Waals surface area contributed by atoms with Crippen molar-refractivity contribution in [3.05, 3.63) is 0 Å². The molecule has 7 heteroatoms. The second-order valence-corrected chi connectivity index (χ2v) is 14.2. The average molecular weight is 374 g/mol. The summed E-state index contributed by atoms with van der Waals surface area (Å²) in [5.41, 5.74) is -0.562. The summed E-state index contributed by atoms with van der Waals surface area (Å²) in [6.07, 6.45) is -0.392. The lowest BCUT2D eigenvalue weighted by Crippen LogP contribution is -2.43. The topological polar surface area (TPSA) is 65.1 Å². The van der Waals surface area contributed by atoms with Crippen molar-refractivity contribution in [2.24, 2.45) is 11.8 Å². The molecule has 0 saturated carbocycles. The van der Waals surface area contributed by atoms with Crippen molar-refractivity contribution in [2.75, 3.05) is 26.8 Å². The molecule has 0 N–H and O–H groups in total. The lowest BCUT2D eigenvalue weighted by molar-refractivity contribution is -0.146. The summed E-state index contributed by atoms with van der Waals surface area (Å²) in [4.78, 5) is 26.1. The van der Waals surface area contributed by atoms with E-state index >= 15 is 0 Å². The molecular formula is C18H35NO5Si. The Morgan fingerprint density at radius 3 is 2.08 bits per heavy atom. The highest BCUT2D eigenvalue weighted by atomic mass is 28.4. The number of likely N-dealkylation sites (tertiary alicyclic amines) is 1. The highest BCUT2D eigenvalue weighted by Gasteiger charge is 2.44. The van der Waals surface area contributed by atoms with Crippen molar-refractivity contribution in [2.45, 2.75) is 65.3 Å². The van der Waals surface area contributed by atoms with E-state index in [0.29, 0.717) is 19.7 Å². The Kier molecular flexibility index (Phi) is 6.73. The first-order valence-electron chi connectivity index (χ1n) is 8.87. The third kappa shape index (κ3) is 5.99. The number of ether oxygens (including phenoxy) is 2. The third-order valence-corrected chi connectivity index (χ3v) is 9.56. The fourth-order valence-electron chi connectivity index (χ4n) is 2.47. The molecule has 1 rings (SSSR count). The van der Waals surface area contributed by atoms with Crippen LogP contribution in [0.2, 0.25) is 18.1 Å². The molecule has 0 aromatic rings. The van der Waals surface area contributed by atoms with Crippen LogP contribution >= 0.6 is 0 Å². The molecule has 0 radical (unpaired) electrons. The minimum absolute atomic E-state index is 0.0749. The summed E-state index contributed by atoms with van der Waals surface area (Å²) in [7, 11) is -0.542. The Labute approximate surface area is 153 Å². The molecule has 1 aliphatic rings. The Hall–Kier alpha value is -1.08. The summed E-state index contributed by atoms with van der Waals surface area (Å²) in [6, 6.07) is 0. The van der Waals surface area contributed by atoms with E-state index in [1.807, 2.05) is 20.8 Å². The van der Waals surface area contributed by atoms with E-state index in [1.165, 1.54) is 7.11 Å². The number of hydrogen-bond acceptors (Lipinski definition) is 5. The van der Waals surface area contributed by atoms with Crippen LogP contribution in [-0.2, 0) is 18.7 Å². The summed E-state index contributed by atoms with van der Waals surface area (Å²) in [5.74, 6) is -0.744. The molecule has 1 amide bonds. The van der Waals surface area contributed by atoms with Crippen LogP contribution in [0, 0.1) is 11.8 Å². The molecule has 0 aromatic heterocycles. The molecule has 1 fully saturated rings. The number of rotatable bonds is 4. The Bertz CT molecular complexity index is 493. The maximum absolute atomic E-state index is 12.3. The molecule has 1 aliphatic heterocycles. The highest BCUT2D eigenvalue weighted by Crippen LogP contribution is 2.38. The van der Waals surface area contributed by atoms with Gasteiger partial charge in [-0.15, -0.1) is 0 Å². The van der Waals surface area contributed by atoms with Crippen molar-refractivity contribution in [3.63, 3.8) is 0 Å². The first kappa shape index (κ1) is 22.0. The van der Waals surface area contributed by atoms with E-state index in [1.54, 1.807) is 4.90 Å². The number of amides is 1. The minimum Gasteiger partial charge on any atom is -0.469 e. The largest absolute Gasteiger partial charge is 0.469 e. The summed E-state index contributed by atoms with van der Waals surface area (Å²) >= 11 is 0. The Morgan fingerprint density at radius 1 is 1.08 bits per heavy atom. The molecular weight excluding hydrogens is 338 g/mol. The van der Waals surface area contributed by atoms with Crippen LogP contribution in [0.4, 0.5) is 4.79 Å². The van der Waals surface area contributed by atoms with Gasteiger partial charge in [-0.25, -0.2) is 4.79 Å². The highest BCUT2D eigenvalue weighted by molar-refractivity contribution is 6.74. The number of methoxy groups -OCH3 is 1. The lowest BCUT2D eigenvalue weighted by Gasteiger charge is -2.37. The van der Waals surface area contributed by atoms with Crippen molar-refractivity contribution < 1.29 is 23.5 Å². The van der Waals surface area contributed by atoms with E-state index in [4.69, 9.17) is 13.9 Å². The van der Waals surface area contributed by atoms with Crippen LogP contribution in [0.1, 0.15) is 41.5 Å². The number of hydrogen-bond donors (Lipinski definition) is 0. The molecule has 25 heavy (non-hydrogen) atoms. The third-order valence-electron chi connectivity index (χ3n) is 5.06. The van der Waals surface area contributed by atoms with Gasteiger partial charge >= 0.3 is 12.1 Å². The van der Waals surface area contributed by atoms with Gasteiger partial charge in [-0.3, -0.25) is 4.79 Å². The van der Waals surface area contributed by atoms with Crippen molar-refractivity contribution in [1.29, 1.82) is 0 Å². The molecule has 0 spiro atoms. The van der Waals surface area contributed by atoms with Crippen LogP contribution in [0.15, 0.2) is 0 Å². The molecule has 146 valence electrons. The van der Waals surface area contributed by atoms with Gasteiger partial charge in [-0.05, 0) is 38.9 Å². The molecule has 0 unspecified atom stereocenters. The Balaban J connectivity index is 2.82. The van der Waals surface area contributed by atoms with E-state index in [9.17, 15) is 9.59 Å². The van der Waals surface area contributed by atoms with Gasteiger partial charge in [-0.2, -0.15) is 0 Å². The number of carbonyl (C=O) groups excluding carboxylic acids is 2. The van der Waals surface area contributed by atoms with Gasteiger partial charge in [0.05, 0.1) is 13.0 Å². The van der Waals surface area contributed by atoms with Gasteiger partial charge in [0.25, 0.3) is 0 Å². The van der Waals surface area contributed by atoms with Crippen LogP contribution < -0.4 is 0 Å². The first-order chi connectivity index (χ1) is 11.2. The number of carbonyl (C=O) groups is 2. The number of nitrogens with zero attached hydrogens (tertiary/aromatic N) is 1. The predicted octanol–water partition coefficient (Wildman–Crippen LogP) is 3.66. The smallest absolute Gasteiger partial charge is 0.410 e. The predicted molar refractivity (Wildman–Crippen MR) is 100.0 cm³/mol. The second-order valence-electron chi connectivity index (χ2n) is 9.35. The summed E-state index contributed by atoms with van der Waals surface area (Å²) < 4.78 is 16.6. The number of esters is 1. The van der Waals surface area contributed by atoms with Gasteiger partial charge in [0.2, 0.25) is 0 Å². The second kappa shape index (κ2) is 7.66. The zero-order valence-electron chi connectivity index (χ0n) is 17.3. The zero-order valence-corrected chi connectivity index (χ0v) is 18.3. The lowest BCUT2D eigenvalue weighted by atomic mass is 9.97. The van der Waals surface area contributed by atoms with Crippen molar-refractivity contribution in [3.8, 4) is 0 Å². The first-order valence-corrected chi connectivity index (χ1v) is 11.8. The Morgan fingerprint density at radius 2 is 1.64 bits per heavy atom. The fourth-order valence-corrected chi connectivity index (χ4v) is 3.53. The monoisotopic (exact) mass is 373 g/mol. The zero-order chi connectivity index (χ0) is 19.6. The van der Waals surface area contributed by atoms with Crippen molar-refractivity contribution in [1.82, 2.24) is 4.90 Å². The van der Waals surface area contributed by atoms with Crippen molar-refractivity contribution >= 4 is 20.4 Å². The standard InChI is InChI=1S/C18H35NO5Si/c1-17(2,3)24-16(21)19-10-13(14(11-19)15(20)22-7)12-23-25(8,9)18(4,5)6/h13-14H,10-12H2,1-9H3/t13-,14+/m1/s1. The molecule has 1 heterocycles. The van der Waals surface area contributed by atoms with Crippen LogP contribution in [0.5, 0.6) is 0 Å². The van der Waals surface area contributed by atoms with Crippen LogP contribution in [0.25, 0.3) is 0 Å². The fraction of sp³-hybridized carbons (Fsp3) is 0.889. The molecule has 0 aromatic carbocycles. The van der Waals surface area contributed by atoms with Gasteiger partial charge < -0.3 is 18.8 Å². The molecule has 0 aliphatic carbocycles. The van der Waals surface area contributed by atoms with Gasteiger partial charge in [0.15, 0.2) is 8.32 Å². The minimum atomic E-state index is -1.92. The molecule has 0 bridgehead atoms. The van der Waals surface area contributed by atoms with Crippen LogP contribution in [-0.4, -0.2) is 57.7 Å². The SMILES string of the molecule is COC(=O)[C@H]1CN(C(=O)OC(C)(C)C)C[C@@H]1CO[Si](C)(C)C(C)(C)C.